The standard InChI is InChI=1S/C20H19F3N4O/c1-2-16-11-18(27-19(26-16)13-6-8-24-9-7-13)25-12-17(28)14-4-3-5-15(10-14)20(21,22)23/h3-11,17,28H,2,12H2,1H3,(H,25,26,27). The van der Waals surface area contributed by atoms with E-state index in [2.05, 4.69) is 20.3 Å². The van der Waals surface area contributed by atoms with Crippen LogP contribution in [0.4, 0.5) is 19.0 Å². The number of aryl methyl sites for hydroxylation is 1. The summed E-state index contributed by atoms with van der Waals surface area (Å²) in [5, 5.41) is 13.3. The third-order valence-electron chi connectivity index (χ3n) is 4.16. The van der Waals surface area contributed by atoms with E-state index in [1.807, 2.05) is 6.92 Å². The monoisotopic (exact) mass is 388 g/mol. The molecule has 2 N–H and O–H groups in total. The zero-order chi connectivity index (χ0) is 20.1. The van der Waals surface area contributed by atoms with E-state index in [4.69, 9.17) is 0 Å². The number of hydrogen-bond acceptors (Lipinski definition) is 5. The van der Waals surface area contributed by atoms with E-state index in [0.717, 1.165) is 23.4 Å². The lowest BCUT2D eigenvalue weighted by molar-refractivity contribution is -0.137. The molecule has 2 aromatic heterocycles. The fraction of sp³-hybridized carbons (Fsp3) is 0.250. The first-order chi connectivity index (χ1) is 13.4. The summed E-state index contributed by atoms with van der Waals surface area (Å²) in [5.74, 6) is 1.00. The first-order valence-corrected chi connectivity index (χ1v) is 8.74. The number of hydrogen-bond donors (Lipinski definition) is 2. The molecule has 1 unspecified atom stereocenters. The van der Waals surface area contributed by atoms with Gasteiger partial charge < -0.3 is 10.4 Å². The number of nitrogens with one attached hydrogen (secondary N) is 1. The van der Waals surface area contributed by atoms with E-state index in [9.17, 15) is 18.3 Å². The zero-order valence-corrected chi connectivity index (χ0v) is 15.1. The minimum atomic E-state index is -4.45. The van der Waals surface area contributed by atoms with Gasteiger partial charge in [-0.25, -0.2) is 9.97 Å². The number of anilines is 1. The zero-order valence-electron chi connectivity index (χ0n) is 15.1. The Bertz CT molecular complexity index is 932. The smallest absolute Gasteiger partial charge is 0.387 e. The van der Waals surface area contributed by atoms with Gasteiger partial charge in [-0.2, -0.15) is 13.2 Å². The number of aromatic nitrogens is 3. The van der Waals surface area contributed by atoms with Gasteiger partial charge in [0.15, 0.2) is 5.82 Å². The van der Waals surface area contributed by atoms with E-state index in [0.29, 0.717) is 18.1 Å². The Morgan fingerprint density at radius 3 is 2.50 bits per heavy atom. The molecule has 0 radical (unpaired) electrons. The first-order valence-electron chi connectivity index (χ1n) is 8.74. The van der Waals surface area contributed by atoms with Crippen molar-refractivity contribution in [2.45, 2.75) is 25.6 Å². The second-order valence-corrected chi connectivity index (χ2v) is 6.18. The summed E-state index contributed by atoms with van der Waals surface area (Å²) in [4.78, 5) is 12.9. The van der Waals surface area contributed by atoms with Crippen molar-refractivity contribution in [1.29, 1.82) is 0 Å². The number of aliphatic hydroxyl groups is 1. The maximum Gasteiger partial charge on any atom is 0.416 e. The van der Waals surface area contributed by atoms with Crippen LogP contribution in [0.3, 0.4) is 0 Å². The molecule has 0 aliphatic rings. The molecule has 0 aliphatic carbocycles. The summed E-state index contributed by atoms with van der Waals surface area (Å²) in [7, 11) is 0. The van der Waals surface area contributed by atoms with Crippen molar-refractivity contribution in [2.24, 2.45) is 0 Å². The Kier molecular flexibility index (Phi) is 5.89. The van der Waals surface area contributed by atoms with Crippen LogP contribution in [0.5, 0.6) is 0 Å². The van der Waals surface area contributed by atoms with Crippen molar-refractivity contribution in [3.05, 3.63) is 71.7 Å². The number of benzene rings is 1. The predicted molar refractivity (Wildman–Crippen MR) is 99.5 cm³/mol. The lowest BCUT2D eigenvalue weighted by Crippen LogP contribution is -2.15. The highest BCUT2D eigenvalue weighted by Gasteiger charge is 2.30. The van der Waals surface area contributed by atoms with E-state index in [-0.39, 0.29) is 12.1 Å². The van der Waals surface area contributed by atoms with Gasteiger partial charge in [-0.05, 0) is 36.2 Å². The lowest BCUT2D eigenvalue weighted by Gasteiger charge is -2.15. The molecular formula is C20H19F3N4O. The van der Waals surface area contributed by atoms with E-state index in [1.165, 1.54) is 12.1 Å². The van der Waals surface area contributed by atoms with Crippen LogP contribution in [0.15, 0.2) is 54.9 Å². The van der Waals surface area contributed by atoms with E-state index in [1.54, 1.807) is 30.6 Å². The molecule has 28 heavy (non-hydrogen) atoms. The molecule has 3 aromatic rings. The molecule has 8 heteroatoms. The Morgan fingerprint density at radius 1 is 1.07 bits per heavy atom. The Hall–Kier alpha value is -3.00. The largest absolute Gasteiger partial charge is 0.416 e. The lowest BCUT2D eigenvalue weighted by atomic mass is 10.1. The second-order valence-electron chi connectivity index (χ2n) is 6.18. The summed E-state index contributed by atoms with van der Waals surface area (Å²) in [6.07, 6.45) is -1.60. The molecule has 3 rings (SSSR count). The number of rotatable bonds is 6. The fourth-order valence-electron chi connectivity index (χ4n) is 2.64. The molecule has 0 aliphatic heterocycles. The van der Waals surface area contributed by atoms with Gasteiger partial charge in [-0.15, -0.1) is 0 Å². The van der Waals surface area contributed by atoms with E-state index < -0.39 is 17.8 Å². The summed E-state index contributed by atoms with van der Waals surface area (Å²) >= 11 is 0. The van der Waals surface area contributed by atoms with Gasteiger partial charge in [-0.3, -0.25) is 4.98 Å². The molecular weight excluding hydrogens is 369 g/mol. The summed E-state index contributed by atoms with van der Waals surface area (Å²) < 4.78 is 38.6. The van der Waals surface area contributed by atoms with Crippen LogP contribution in [-0.2, 0) is 12.6 Å². The molecule has 1 atom stereocenters. The molecule has 5 nitrogen and oxygen atoms in total. The molecule has 0 fully saturated rings. The molecule has 0 amide bonds. The third kappa shape index (κ3) is 4.83. The van der Waals surface area contributed by atoms with E-state index >= 15 is 0 Å². The van der Waals surface area contributed by atoms with Crippen molar-refractivity contribution >= 4 is 5.82 Å². The van der Waals surface area contributed by atoms with Crippen molar-refractivity contribution < 1.29 is 18.3 Å². The molecule has 0 bridgehead atoms. The maximum absolute atomic E-state index is 12.9. The highest BCUT2D eigenvalue weighted by Crippen LogP contribution is 2.30. The molecule has 2 heterocycles. The molecule has 0 saturated heterocycles. The number of aliphatic hydroxyl groups excluding tert-OH is 1. The van der Waals surface area contributed by atoms with Crippen molar-refractivity contribution in [3.63, 3.8) is 0 Å². The quantitative estimate of drug-likeness (QED) is 0.660. The van der Waals surface area contributed by atoms with Crippen LogP contribution < -0.4 is 5.32 Å². The molecule has 0 spiro atoms. The Labute approximate surface area is 160 Å². The molecule has 146 valence electrons. The Morgan fingerprint density at radius 2 is 1.82 bits per heavy atom. The minimum absolute atomic E-state index is 0.0112. The van der Waals surface area contributed by atoms with Crippen molar-refractivity contribution in [1.82, 2.24) is 15.0 Å². The van der Waals surface area contributed by atoms with Crippen molar-refractivity contribution in [3.8, 4) is 11.4 Å². The van der Waals surface area contributed by atoms with Crippen LogP contribution in [-0.4, -0.2) is 26.6 Å². The fourth-order valence-corrected chi connectivity index (χ4v) is 2.64. The summed E-state index contributed by atoms with van der Waals surface area (Å²) in [6.45, 7) is 1.97. The molecule has 1 aromatic carbocycles. The minimum Gasteiger partial charge on any atom is -0.387 e. The SMILES string of the molecule is CCc1cc(NCC(O)c2cccc(C(F)(F)F)c2)nc(-c2ccncc2)n1. The number of pyridine rings is 1. The van der Waals surface area contributed by atoms with Gasteiger partial charge >= 0.3 is 6.18 Å². The maximum atomic E-state index is 12.9. The van der Waals surface area contributed by atoms with Crippen molar-refractivity contribution in [2.75, 3.05) is 11.9 Å². The summed E-state index contributed by atoms with van der Waals surface area (Å²) in [6, 6.07) is 9.99. The predicted octanol–water partition coefficient (Wildman–Crippen LogP) is 4.27. The average molecular weight is 388 g/mol. The van der Waals surface area contributed by atoms with Crippen LogP contribution in [0.2, 0.25) is 0 Å². The van der Waals surface area contributed by atoms with Gasteiger partial charge in [0.1, 0.15) is 5.82 Å². The number of alkyl halides is 3. The highest BCUT2D eigenvalue weighted by atomic mass is 19.4. The number of halogens is 3. The summed E-state index contributed by atoms with van der Waals surface area (Å²) in [5.41, 5.74) is 0.991. The Balaban J connectivity index is 1.77. The topological polar surface area (TPSA) is 70.9 Å². The van der Waals surface area contributed by atoms with Gasteiger partial charge in [0.25, 0.3) is 0 Å². The molecule has 0 saturated carbocycles. The second kappa shape index (κ2) is 8.35. The van der Waals surface area contributed by atoms with Crippen LogP contribution in [0.25, 0.3) is 11.4 Å². The third-order valence-corrected chi connectivity index (χ3v) is 4.16. The normalized spacial score (nSPS) is 12.6. The average Bonchev–Trinajstić information content (AvgIpc) is 2.72. The van der Waals surface area contributed by atoms with Gasteiger partial charge in [0, 0.05) is 36.3 Å². The first kappa shape index (κ1) is 19.8. The van der Waals surface area contributed by atoms with Gasteiger partial charge in [0.05, 0.1) is 11.7 Å². The highest BCUT2D eigenvalue weighted by molar-refractivity contribution is 5.56. The van der Waals surface area contributed by atoms with Crippen LogP contribution >= 0.6 is 0 Å². The number of nitrogens with zero attached hydrogens (tertiary/aromatic N) is 3. The van der Waals surface area contributed by atoms with Gasteiger partial charge in [-0.1, -0.05) is 19.1 Å². The van der Waals surface area contributed by atoms with Gasteiger partial charge in [0.2, 0.25) is 0 Å². The van der Waals surface area contributed by atoms with Crippen LogP contribution in [0, 0.1) is 0 Å². The van der Waals surface area contributed by atoms with Crippen LogP contribution in [0.1, 0.15) is 29.8 Å².